The van der Waals surface area contributed by atoms with Gasteiger partial charge in [-0.15, -0.1) is 11.3 Å². The topological polar surface area (TPSA) is 79.3 Å². The lowest BCUT2D eigenvalue weighted by Crippen LogP contribution is -2.27. The van der Waals surface area contributed by atoms with Crippen LogP contribution in [0.2, 0.25) is 0 Å². The molecule has 1 aromatic heterocycles. The molecule has 2 rings (SSSR count). The predicted molar refractivity (Wildman–Crippen MR) is 82.8 cm³/mol. The van der Waals surface area contributed by atoms with Gasteiger partial charge < -0.3 is 5.11 Å². The highest BCUT2D eigenvalue weighted by molar-refractivity contribution is 7.89. The number of hydrogen-bond donors (Lipinski definition) is 2. The summed E-state index contributed by atoms with van der Waals surface area (Å²) < 4.78 is 27.2. The molecule has 0 aliphatic carbocycles. The highest BCUT2D eigenvalue weighted by Crippen LogP contribution is 2.18. The third-order valence-corrected chi connectivity index (χ3v) is 5.62. The average molecular weight is 326 g/mol. The van der Waals surface area contributed by atoms with E-state index in [1.165, 1.54) is 0 Å². The van der Waals surface area contributed by atoms with Gasteiger partial charge in [-0.25, -0.2) is 18.1 Å². The Balaban J connectivity index is 2.08. The fourth-order valence-corrected chi connectivity index (χ4v) is 4.00. The molecule has 1 aromatic carbocycles. The number of aliphatic hydroxyl groups excluding tert-OH is 1. The second kappa shape index (κ2) is 6.65. The number of hydrogen-bond acceptors (Lipinski definition) is 5. The van der Waals surface area contributed by atoms with Crippen molar-refractivity contribution < 1.29 is 13.5 Å². The minimum Gasteiger partial charge on any atom is -0.392 e. The Hall–Kier alpha value is -1.28. The van der Waals surface area contributed by atoms with Gasteiger partial charge >= 0.3 is 0 Å². The maximum atomic E-state index is 12.3. The maximum Gasteiger partial charge on any atom is 0.240 e. The Morgan fingerprint density at radius 3 is 2.71 bits per heavy atom. The zero-order chi connectivity index (χ0) is 15.5. The van der Waals surface area contributed by atoms with Crippen molar-refractivity contribution in [2.75, 3.05) is 6.54 Å². The number of aromatic nitrogens is 1. The zero-order valence-corrected chi connectivity index (χ0v) is 13.6. The van der Waals surface area contributed by atoms with Crippen molar-refractivity contribution >= 4 is 21.4 Å². The summed E-state index contributed by atoms with van der Waals surface area (Å²) in [6.07, 6.45) is 0.558. The molecule has 2 aromatic rings. The van der Waals surface area contributed by atoms with Gasteiger partial charge in [0.1, 0.15) is 0 Å². The summed E-state index contributed by atoms with van der Waals surface area (Å²) >= 11 is 1.55. The first-order valence-corrected chi connectivity index (χ1v) is 8.90. The molecule has 2 N–H and O–H groups in total. The van der Waals surface area contributed by atoms with E-state index in [9.17, 15) is 13.5 Å². The molecule has 0 radical (unpaired) electrons. The van der Waals surface area contributed by atoms with E-state index < -0.39 is 10.0 Å². The van der Waals surface area contributed by atoms with Gasteiger partial charge in [0.05, 0.1) is 22.2 Å². The number of nitrogens with zero attached hydrogens (tertiary/aromatic N) is 1. The summed E-state index contributed by atoms with van der Waals surface area (Å²) in [6, 6.07) is 4.90. The van der Waals surface area contributed by atoms with Crippen LogP contribution < -0.4 is 4.72 Å². The van der Waals surface area contributed by atoms with Crippen molar-refractivity contribution in [2.24, 2.45) is 0 Å². The molecule has 0 unspecified atom stereocenters. The fraction of sp³-hybridized carbons (Fsp3) is 0.357. The molecule has 1 heterocycles. The minimum atomic E-state index is -3.57. The van der Waals surface area contributed by atoms with Gasteiger partial charge in [-0.1, -0.05) is 12.1 Å². The van der Waals surface area contributed by atoms with Crippen molar-refractivity contribution in [1.82, 2.24) is 9.71 Å². The number of rotatable bonds is 6. The summed E-state index contributed by atoms with van der Waals surface area (Å²) in [7, 11) is -3.57. The largest absolute Gasteiger partial charge is 0.392 e. The minimum absolute atomic E-state index is 0.173. The van der Waals surface area contributed by atoms with Crippen LogP contribution >= 0.6 is 11.3 Å². The van der Waals surface area contributed by atoms with E-state index in [1.807, 2.05) is 12.3 Å². The Bertz CT molecular complexity index is 724. The van der Waals surface area contributed by atoms with Crippen molar-refractivity contribution in [3.05, 3.63) is 45.4 Å². The number of nitrogens with one attached hydrogen (secondary N) is 1. The SMILES string of the molecule is Cc1nc(CCNS(=O)(=O)c2cccc(CO)c2C)cs1. The third kappa shape index (κ3) is 3.88. The summed E-state index contributed by atoms with van der Waals surface area (Å²) in [5.41, 5.74) is 2.09. The molecule has 0 aliphatic heterocycles. The third-order valence-electron chi connectivity index (χ3n) is 3.20. The van der Waals surface area contributed by atoms with Crippen LogP contribution in [0.5, 0.6) is 0 Å². The van der Waals surface area contributed by atoms with E-state index in [4.69, 9.17) is 0 Å². The molecule has 0 bridgehead atoms. The Morgan fingerprint density at radius 2 is 2.10 bits per heavy atom. The number of benzene rings is 1. The van der Waals surface area contributed by atoms with E-state index in [-0.39, 0.29) is 11.5 Å². The van der Waals surface area contributed by atoms with Gasteiger partial charge in [-0.05, 0) is 31.0 Å². The van der Waals surface area contributed by atoms with Gasteiger partial charge in [0.25, 0.3) is 0 Å². The van der Waals surface area contributed by atoms with Gasteiger partial charge in [0, 0.05) is 18.3 Å². The number of thiazole rings is 1. The Morgan fingerprint density at radius 1 is 1.33 bits per heavy atom. The molecule has 7 heteroatoms. The molecule has 114 valence electrons. The summed E-state index contributed by atoms with van der Waals surface area (Å²) in [5, 5.41) is 12.1. The molecule has 0 amide bonds. The second-order valence-corrected chi connectivity index (χ2v) is 7.50. The van der Waals surface area contributed by atoms with E-state index in [0.717, 1.165) is 10.7 Å². The van der Waals surface area contributed by atoms with E-state index in [0.29, 0.717) is 24.1 Å². The highest BCUT2D eigenvalue weighted by atomic mass is 32.2. The maximum absolute atomic E-state index is 12.3. The Labute approximate surface area is 128 Å². The standard InChI is InChI=1S/C14H18N2O3S2/c1-10-12(8-17)4-3-5-14(10)21(18,19)15-7-6-13-9-20-11(2)16-13/h3-5,9,15,17H,6-8H2,1-2H3. The quantitative estimate of drug-likeness (QED) is 0.848. The molecular weight excluding hydrogens is 308 g/mol. The fourth-order valence-electron chi connectivity index (χ4n) is 2.04. The lowest BCUT2D eigenvalue weighted by Gasteiger charge is -2.11. The van der Waals surface area contributed by atoms with Crippen molar-refractivity contribution in [1.29, 1.82) is 0 Å². The normalized spacial score (nSPS) is 11.8. The van der Waals surface area contributed by atoms with E-state index in [2.05, 4.69) is 9.71 Å². The number of sulfonamides is 1. The van der Waals surface area contributed by atoms with Crippen LogP contribution in [0.15, 0.2) is 28.5 Å². The van der Waals surface area contributed by atoms with Crippen LogP contribution in [0.1, 0.15) is 21.8 Å². The first kappa shape index (κ1) is 16.1. The smallest absolute Gasteiger partial charge is 0.240 e. The highest BCUT2D eigenvalue weighted by Gasteiger charge is 2.17. The second-order valence-electron chi connectivity index (χ2n) is 4.70. The van der Waals surface area contributed by atoms with Gasteiger partial charge in [0.2, 0.25) is 10.0 Å². The van der Waals surface area contributed by atoms with Crippen LogP contribution in [-0.2, 0) is 23.1 Å². The molecule has 0 fully saturated rings. The summed E-state index contributed by atoms with van der Waals surface area (Å²) in [4.78, 5) is 4.51. The van der Waals surface area contributed by atoms with Crippen LogP contribution in [0.4, 0.5) is 0 Å². The number of aryl methyl sites for hydroxylation is 1. The first-order chi connectivity index (χ1) is 9.94. The summed E-state index contributed by atoms with van der Waals surface area (Å²) in [5.74, 6) is 0. The van der Waals surface area contributed by atoms with Crippen LogP contribution in [0, 0.1) is 13.8 Å². The average Bonchev–Trinajstić information content (AvgIpc) is 2.84. The molecule has 0 atom stereocenters. The number of aliphatic hydroxyl groups is 1. The monoisotopic (exact) mass is 326 g/mol. The van der Waals surface area contributed by atoms with Crippen LogP contribution in [-0.4, -0.2) is 25.1 Å². The molecule has 0 aliphatic rings. The zero-order valence-electron chi connectivity index (χ0n) is 12.0. The lowest BCUT2D eigenvalue weighted by molar-refractivity contribution is 0.280. The van der Waals surface area contributed by atoms with Crippen LogP contribution in [0.25, 0.3) is 0 Å². The van der Waals surface area contributed by atoms with Crippen LogP contribution in [0.3, 0.4) is 0 Å². The molecular formula is C14H18N2O3S2. The van der Waals surface area contributed by atoms with Crippen molar-refractivity contribution in [2.45, 2.75) is 31.8 Å². The predicted octanol–water partition coefficient (Wildman–Crippen LogP) is 1.77. The summed E-state index contributed by atoms with van der Waals surface area (Å²) in [6.45, 7) is 3.74. The van der Waals surface area contributed by atoms with Crippen molar-refractivity contribution in [3.8, 4) is 0 Å². The van der Waals surface area contributed by atoms with Gasteiger partial charge in [-0.2, -0.15) is 0 Å². The van der Waals surface area contributed by atoms with Crippen molar-refractivity contribution in [3.63, 3.8) is 0 Å². The Kier molecular flexibility index (Phi) is 5.10. The van der Waals surface area contributed by atoms with E-state index >= 15 is 0 Å². The first-order valence-electron chi connectivity index (χ1n) is 6.54. The molecule has 0 spiro atoms. The van der Waals surface area contributed by atoms with Gasteiger partial charge in [0.15, 0.2) is 0 Å². The lowest BCUT2D eigenvalue weighted by atomic mass is 10.1. The van der Waals surface area contributed by atoms with E-state index in [1.54, 1.807) is 36.5 Å². The molecule has 5 nitrogen and oxygen atoms in total. The molecule has 21 heavy (non-hydrogen) atoms. The van der Waals surface area contributed by atoms with Gasteiger partial charge in [-0.3, -0.25) is 0 Å². The molecule has 0 saturated carbocycles. The molecule has 0 saturated heterocycles.